The summed E-state index contributed by atoms with van der Waals surface area (Å²) in [5.74, 6) is 1.30. The molecule has 1 aliphatic rings. The Hall–Kier alpha value is -3.85. The van der Waals surface area contributed by atoms with Gasteiger partial charge in [-0.15, -0.1) is 0 Å². The first-order valence-electron chi connectivity index (χ1n) is 11.3. The Morgan fingerprint density at radius 2 is 2.00 bits per heavy atom. The van der Waals surface area contributed by atoms with Gasteiger partial charge in [0, 0.05) is 42.9 Å². The number of carbonyl (C=O) groups is 1. The van der Waals surface area contributed by atoms with Gasteiger partial charge in [0.2, 0.25) is 5.91 Å². The van der Waals surface area contributed by atoms with E-state index in [9.17, 15) is 9.18 Å². The average molecular weight is 490 g/mol. The van der Waals surface area contributed by atoms with E-state index < -0.39 is 0 Å². The average Bonchev–Trinajstić information content (AvgIpc) is 3.19. The second kappa shape index (κ2) is 9.79. The molecule has 0 bridgehead atoms. The van der Waals surface area contributed by atoms with Gasteiger partial charge in [0.15, 0.2) is 5.13 Å². The van der Waals surface area contributed by atoms with Gasteiger partial charge in [0.25, 0.3) is 0 Å². The van der Waals surface area contributed by atoms with Gasteiger partial charge in [-0.1, -0.05) is 23.5 Å². The number of nitrogens with zero attached hydrogens (tertiary/aromatic N) is 4. The summed E-state index contributed by atoms with van der Waals surface area (Å²) >= 11 is 1.43. The lowest BCUT2D eigenvalue weighted by molar-refractivity contribution is -0.114. The molecule has 5 rings (SSSR count). The summed E-state index contributed by atoms with van der Waals surface area (Å²) in [7, 11) is 0. The Morgan fingerprint density at radius 1 is 1.17 bits per heavy atom. The Bertz CT molecular complexity index is 1370. The van der Waals surface area contributed by atoms with Crippen LogP contribution in [0.15, 0.2) is 55.0 Å². The fourth-order valence-corrected chi connectivity index (χ4v) is 4.98. The van der Waals surface area contributed by atoms with Crippen molar-refractivity contribution in [1.29, 1.82) is 0 Å². The number of ether oxygens (including phenoxy) is 1. The molecule has 0 unspecified atom stereocenters. The Kier molecular flexibility index (Phi) is 6.41. The van der Waals surface area contributed by atoms with Crippen molar-refractivity contribution in [3.05, 3.63) is 83.2 Å². The summed E-state index contributed by atoms with van der Waals surface area (Å²) in [5.41, 5.74) is 4.96. The molecule has 35 heavy (non-hydrogen) atoms. The molecule has 0 aliphatic carbocycles. The highest BCUT2D eigenvalue weighted by Gasteiger charge is 2.21. The van der Waals surface area contributed by atoms with Gasteiger partial charge in [-0.2, -0.15) is 0 Å². The van der Waals surface area contributed by atoms with E-state index in [0.29, 0.717) is 31.2 Å². The zero-order valence-corrected chi connectivity index (χ0v) is 20.2. The standard InChI is InChI=1S/C26H24FN5O2S/c1-16-22(11-18-3-6-21(27)7-4-18)25(30-15-29-16)32-9-10-34-23-8-5-19(12-20(23)14-32)24-13-28-26(35-24)31-17(2)33/h3-8,12-13,15H,9-11,14H2,1-2H3,(H,28,31,33). The number of anilines is 2. The minimum absolute atomic E-state index is 0.145. The van der Waals surface area contributed by atoms with E-state index in [2.05, 4.69) is 31.2 Å². The van der Waals surface area contributed by atoms with Crippen LogP contribution >= 0.6 is 11.3 Å². The second-order valence-corrected chi connectivity index (χ2v) is 9.40. The minimum atomic E-state index is -0.253. The highest BCUT2D eigenvalue weighted by molar-refractivity contribution is 7.19. The van der Waals surface area contributed by atoms with E-state index >= 15 is 0 Å². The number of hydrogen-bond donors (Lipinski definition) is 1. The van der Waals surface area contributed by atoms with Crippen molar-refractivity contribution < 1.29 is 13.9 Å². The Morgan fingerprint density at radius 3 is 2.80 bits per heavy atom. The topological polar surface area (TPSA) is 80.2 Å². The lowest BCUT2D eigenvalue weighted by Crippen LogP contribution is -2.28. The molecule has 178 valence electrons. The number of benzene rings is 2. The molecule has 1 aliphatic heterocycles. The van der Waals surface area contributed by atoms with Crippen LogP contribution in [0.2, 0.25) is 0 Å². The molecule has 0 atom stereocenters. The van der Waals surface area contributed by atoms with Crippen LogP contribution in [0.5, 0.6) is 5.75 Å². The largest absolute Gasteiger partial charge is 0.491 e. The molecular weight excluding hydrogens is 465 g/mol. The number of carbonyl (C=O) groups excluding carboxylic acids is 1. The number of aromatic nitrogens is 3. The first-order chi connectivity index (χ1) is 17.0. The minimum Gasteiger partial charge on any atom is -0.491 e. The van der Waals surface area contributed by atoms with Gasteiger partial charge in [-0.3, -0.25) is 4.79 Å². The molecule has 9 heteroatoms. The predicted molar refractivity (Wildman–Crippen MR) is 134 cm³/mol. The van der Waals surface area contributed by atoms with E-state index in [0.717, 1.165) is 44.4 Å². The van der Waals surface area contributed by atoms with E-state index in [1.165, 1.54) is 30.4 Å². The highest BCUT2D eigenvalue weighted by Crippen LogP contribution is 2.35. The normalized spacial score (nSPS) is 13.1. The van der Waals surface area contributed by atoms with Gasteiger partial charge in [0.05, 0.1) is 11.4 Å². The van der Waals surface area contributed by atoms with Crippen molar-refractivity contribution in [1.82, 2.24) is 15.0 Å². The molecule has 7 nitrogen and oxygen atoms in total. The first-order valence-corrected chi connectivity index (χ1v) is 12.1. The van der Waals surface area contributed by atoms with Gasteiger partial charge in [-0.25, -0.2) is 19.3 Å². The van der Waals surface area contributed by atoms with Gasteiger partial charge < -0.3 is 15.0 Å². The van der Waals surface area contributed by atoms with Gasteiger partial charge in [0.1, 0.15) is 30.3 Å². The molecule has 0 radical (unpaired) electrons. The first kappa shape index (κ1) is 22.9. The van der Waals surface area contributed by atoms with Crippen LogP contribution < -0.4 is 15.0 Å². The third kappa shape index (κ3) is 5.14. The van der Waals surface area contributed by atoms with Crippen molar-refractivity contribution >= 4 is 28.2 Å². The fraction of sp³-hybridized carbons (Fsp3) is 0.231. The summed E-state index contributed by atoms with van der Waals surface area (Å²) in [6.45, 7) is 5.26. The number of amides is 1. The number of fused-ring (bicyclic) bond motifs is 1. The lowest BCUT2D eigenvalue weighted by Gasteiger charge is -2.24. The van der Waals surface area contributed by atoms with Crippen molar-refractivity contribution in [3.63, 3.8) is 0 Å². The van der Waals surface area contributed by atoms with Crippen molar-refractivity contribution in [2.75, 3.05) is 23.4 Å². The van der Waals surface area contributed by atoms with Crippen molar-refractivity contribution in [2.24, 2.45) is 0 Å². The molecule has 1 N–H and O–H groups in total. The number of halogens is 1. The number of hydrogen-bond acceptors (Lipinski definition) is 7. The van der Waals surface area contributed by atoms with E-state index in [1.807, 2.05) is 19.1 Å². The van der Waals surface area contributed by atoms with Crippen LogP contribution in [0.1, 0.15) is 29.3 Å². The van der Waals surface area contributed by atoms with Crippen molar-refractivity contribution in [3.8, 4) is 16.2 Å². The molecule has 0 spiro atoms. The maximum atomic E-state index is 13.4. The fourth-order valence-electron chi connectivity index (χ4n) is 4.12. The summed E-state index contributed by atoms with van der Waals surface area (Å²) < 4.78 is 19.5. The molecule has 0 saturated heterocycles. The molecule has 0 fully saturated rings. The molecule has 3 heterocycles. The third-order valence-corrected chi connectivity index (χ3v) is 6.81. The van der Waals surface area contributed by atoms with Crippen LogP contribution in [0, 0.1) is 12.7 Å². The molecule has 4 aromatic rings. The summed E-state index contributed by atoms with van der Waals surface area (Å²) in [5, 5.41) is 3.30. The zero-order chi connectivity index (χ0) is 24.4. The van der Waals surface area contributed by atoms with Crippen molar-refractivity contribution in [2.45, 2.75) is 26.8 Å². The molecule has 2 aromatic carbocycles. The Balaban J connectivity index is 1.45. The monoisotopic (exact) mass is 489 g/mol. The quantitative estimate of drug-likeness (QED) is 0.425. The predicted octanol–water partition coefficient (Wildman–Crippen LogP) is 5.00. The smallest absolute Gasteiger partial charge is 0.223 e. The summed E-state index contributed by atoms with van der Waals surface area (Å²) in [6, 6.07) is 12.6. The zero-order valence-electron chi connectivity index (χ0n) is 19.4. The summed E-state index contributed by atoms with van der Waals surface area (Å²) in [6.07, 6.45) is 3.96. The van der Waals surface area contributed by atoms with E-state index in [1.54, 1.807) is 24.7 Å². The number of thiazole rings is 1. The van der Waals surface area contributed by atoms with E-state index in [4.69, 9.17) is 4.74 Å². The van der Waals surface area contributed by atoms with Crippen LogP contribution in [0.25, 0.3) is 10.4 Å². The third-order valence-electron chi connectivity index (χ3n) is 5.85. The van der Waals surface area contributed by atoms with Gasteiger partial charge >= 0.3 is 0 Å². The molecular formula is C26H24FN5O2S. The molecule has 1 amide bonds. The maximum absolute atomic E-state index is 13.4. The van der Waals surface area contributed by atoms with Crippen LogP contribution in [0.4, 0.5) is 15.3 Å². The number of aryl methyl sites for hydroxylation is 1. The molecule has 2 aromatic heterocycles. The Labute approximate surface area is 206 Å². The molecule has 0 saturated carbocycles. The van der Waals surface area contributed by atoms with Crippen LogP contribution in [-0.4, -0.2) is 34.0 Å². The lowest BCUT2D eigenvalue weighted by atomic mass is 10.0. The highest BCUT2D eigenvalue weighted by atomic mass is 32.1. The van der Waals surface area contributed by atoms with Crippen LogP contribution in [-0.2, 0) is 17.8 Å². The number of nitrogens with one attached hydrogen (secondary N) is 1. The SMILES string of the molecule is CC(=O)Nc1ncc(-c2ccc3c(c2)CN(c2ncnc(C)c2Cc2ccc(F)cc2)CCO3)s1. The van der Waals surface area contributed by atoms with E-state index in [-0.39, 0.29) is 11.7 Å². The second-order valence-electron chi connectivity index (χ2n) is 8.37. The number of rotatable bonds is 5. The summed E-state index contributed by atoms with van der Waals surface area (Å²) in [4.78, 5) is 27.9. The van der Waals surface area contributed by atoms with Crippen LogP contribution in [0.3, 0.4) is 0 Å². The van der Waals surface area contributed by atoms with Gasteiger partial charge in [-0.05, 0) is 48.4 Å². The maximum Gasteiger partial charge on any atom is 0.223 e.